The zero-order valence-electron chi connectivity index (χ0n) is 16.3. The van der Waals surface area contributed by atoms with Gasteiger partial charge in [0.25, 0.3) is 0 Å². The van der Waals surface area contributed by atoms with Crippen LogP contribution in [0, 0.1) is 0 Å². The van der Waals surface area contributed by atoms with Crippen molar-refractivity contribution in [1.82, 2.24) is 5.32 Å². The van der Waals surface area contributed by atoms with Crippen LogP contribution in [0.1, 0.15) is 48.5 Å². The van der Waals surface area contributed by atoms with Crippen molar-refractivity contribution in [2.45, 2.75) is 38.1 Å². The Morgan fingerprint density at radius 1 is 1.14 bits per heavy atom. The number of carbonyl (C=O) groups is 1. The second kappa shape index (κ2) is 9.06. The maximum absolute atomic E-state index is 11.7. The number of anilines is 1. The van der Waals surface area contributed by atoms with Crippen LogP contribution in [0.5, 0.6) is 5.75 Å². The maximum atomic E-state index is 11.7. The summed E-state index contributed by atoms with van der Waals surface area (Å²) in [5, 5.41) is 7.28. The highest BCUT2D eigenvalue weighted by atomic mass is 32.1. The van der Waals surface area contributed by atoms with Gasteiger partial charge in [0.2, 0.25) is 0 Å². The molecule has 28 heavy (non-hydrogen) atoms. The molecule has 1 fully saturated rings. The van der Waals surface area contributed by atoms with E-state index in [0.717, 1.165) is 37.1 Å². The summed E-state index contributed by atoms with van der Waals surface area (Å²) < 4.78 is 10.3. The number of esters is 1. The first kappa shape index (κ1) is 20.1. The summed E-state index contributed by atoms with van der Waals surface area (Å²) in [6, 6.07) is 15.4. The Hall–Kier alpha value is -2.60. The van der Waals surface area contributed by atoms with E-state index in [1.807, 2.05) is 25.1 Å². The smallest absolute Gasteiger partial charge is 0.337 e. The molecule has 0 saturated heterocycles. The molecule has 1 aliphatic carbocycles. The van der Waals surface area contributed by atoms with Gasteiger partial charge in [-0.1, -0.05) is 31.0 Å². The highest BCUT2D eigenvalue weighted by Crippen LogP contribution is 2.39. The van der Waals surface area contributed by atoms with Crippen LogP contribution in [0.3, 0.4) is 0 Å². The van der Waals surface area contributed by atoms with Crippen LogP contribution in [0.15, 0.2) is 48.5 Å². The summed E-state index contributed by atoms with van der Waals surface area (Å²) in [6.45, 7) is 2.63. The minimum Gasteiger partial charge on any atom is -0.494 e. The second-order valence-corrected chi connectivity index (χ2v) is 7.31. The molecule has 0 heterocycles. The van der Waals surface area contributed by atoms with Crippen LogP contribution < -0.4 is 15.4 Å². The van der Waals surface area contributed by atoms with Gasteiger partial charge < -0.3 is 20.1 Å². The Labute approximate surface area is 171 Å². The number of hydrogen-bond acceptors (Lipinski definition) is 4. The predicted molar refractivity (Wildman–Crippen MR) is 115 cm³/mol. The van der Waals surface area contributed by atoms with E-state index in [1.54, 1.807) is 18.2 Å². The van der Waals surface area contributed by atoms with Crippen molar-refractivity contribution in [2.24, 2.45) is 0 Å². The van der Waals surface area contributed by atoms with Crippen molar-refractivity contribution >= 4 is 29.0 Å². The first-order valence-electron chi connectivity index (χ1n) is 9.57. The summed E-state index contributed by atoms with van der Waals surface area (Å²) in [6.07, 6.45) is 4.34. The zero-order chi connectivity index (χ0) is 20.0. The zero-order valence-corrected chi connectivity index (χ0v) is 17.1. The molecular weight excluding hydrogens is 372 g/mol. The van der Waals surface area contributed by atoms with Crippen LogP contribution in [0.4, 0.5) is 5.69 Å². The molecule has 0 spiro atoms. The predicted octanol–water partition coefficient (Wildman–Crippen LogP) is 4.63. The van der Waals surface area contributed by atoms with Crippen LogP contribution in [0.25, 0.3) is 0 Å². The molecule has 0 amide bonds. The third-order valence-corrected chi connectivity index (χ3v) is 5.27. The fourth-order valence-electron chi connectivity index (χ4n) is 3.72. The van der Waals surface area contributed by atoms with Crippen molar-refractivity contribution in [2.75, 3.05) is 19.0 Å². The lowest BCUT2D eigenvalue weighted by atomic mass is 9.88. The van der Waals surface area contributed by atoms with Gasteiger partial charge >= 0.3 is 5.97 Å². The van der Waals surface area contributed by atoms with Gasteiger partial charge in [0, 0.05) is 5.69 Å². The largest absolute Gasteiger partial charge is 0.494 e. The van der Waals surface area contributed by atoms with Crippen molar-refractivity contribution in [3.05, 3.63) is 59.7 Å². The molecule has 0 unspecified atom stereocenters. The van der Waals surface area contributed by atoms with Crippen LogP contribution >= 0.6 is 12.2 Å². The molecule has 2 aromatic rings. The van der Waals surface area contributed by atoms with Gasteiger partial charge in [-0.25, -0.2) is 4.79 Å². The SMILES string of the molecule is CCOc1ccc(C2(NC(=S)Nc3cccc(C(=O)OC)c3)CCCC2)cc1. The number of benzene rings is 2. The Kier molecular flexibility index (Phi) is 6.52. The van der Waals surface area contributed by atoms with Gasteiger partial charge in [0.1, 0.15) is 5.75 Å². The Bertz CT molecular complexity index is 830. The molecule has 1 saturated carbocycles. The van der Waals surface area contributed by atoms with E-state index in [9.17, 15) is 4.79 Å². The second-order valence-electron chi connectivity index (χ2n) is 6.90. The van der Waals surface area contributed by atoms with Crippen LogP contribution in [-0.2, 0) is 10.3 Å². The van der Waals surface area contributed by atoms with Crippen molar-refractivity contribution in [3.8, 4) is 5.75 Å². The fourth-order valence-corrected chi connectivity index (χ4v) is 4.04. The number of ether oxygens (including phenoxy) is 2. The van der Waals surface area contributed by atoms with E-state index in [2.05, 4.69) is 22.8 Å². The molecular formula is C22H26N2O3S. The first-order valence-corrected chi connectivity index (χ1v) is 9.98. The molecule has 0 aliphatic heterocycles. The molecule has 0 atom stereocenters. The Balaban J connectivity index is 1.73. The number of nitrogens with one attached hydrogen (secondary N) is 2. The van der Waals surface area contributed by atoms with E-state index in [4.69, 9.17) is 21.7 Å². The van der Waals surface area contributed by atoms with Gasteiger partial charge in [0.15, 0.2) is 5.11 Å². The standard InChI is InChI=1S/C22H26N2O3S/c1-3-27-19-11-9-17(10-12-19)22(13-4-5-14-22)24-21(28)23-18-8-6-7-16(15-18)20(25)26-2/h6-12,15H,3-5,13-14H2,1-2H3,(H2,23,24,28). The highest BCUT2D eigenvalue weighted by molar-refractivity contribution is 7.80. The molecule has 148 valence electrons. The first-order chi connectivity index (χ1) is 13.6. The Morgan fingerprint density at radius 3 is 2.50 bits per heavy atom. The molecule has 2 N–H and O–H groups in total. The molecule has 1 aliphatic rings. The van der Waals surface area contributed by atoms with Crippen molar-refractivity contribution in [1.29, 1.82) is 0 Å². The lowest BCUT2D eigenvalue weighted by Crippen LogP contribution is -2.45. The fraction of sp³-hybridized carbons (Fsp3) is 0.364. The summed E-state index contributed by atoms with van der Waals surface area (Å²) in [7, 11) is 1.37. The highest BCUT2D eigenvalue weighted by Gasteiger charge is 2.36. The van der Waals surface area contributed by atoms with Crippen molar-refractivity contribution in [3.63, 3.8) is 0 Å². The number of rotatable bonds is 6. The van der Waals surface area contributed by atoms with E-state index in [-0.39, 0.29) is 11.5 Å². The van der Waals surface area contributed by atoms with E-state index < -0.39 is 0 Å². The average Bonchev–Trinajstić information content (AvgIpc) is 3.17. The lowest BCUT2D eigenvalue weighted by Gasteiger charge is -2.32. The van der Waals surface area contributed by atoms with Gasteiger partial charge in [-0.15, -0.1) is 0 Å². The van der Waals surface area contributed by atoms with Gasteiger partial charge in [0.05, 0.1) is 24.8 Å². The summed E-state index contributed by atoms with van der Waals surface area (Å²) >= 11 is 5.59. The lowest BCUT2D eigenvalue weighted by molar-refractivity contribution is 0.0601. The van der Waals surface area contributed by atoms with E-state index in [1.165, 1.54) is 12.7 Å². The molecule has 0 aromatic heterocycles. The summed E-state index contributed by atoms with van der Waals surface area (Å²) in [5.41, 5.74) is 2.26. The average molecular weight is 399 g/mol. The van der Waals surface area contributed by atoms with Crippen molar-refractivity contribution < 1.29 is 14.3 Å². The molecule has 2 aromatic carbocycles. The third-order valence-electron chi connectivity index (χ3n) is 5.07. The quantitative estimate of drug-likeness (QED) is 0.547. The van der Waals surface area contributed by atoms with E-state index >= 15 is 0 Å². The summed E-state index contributed by atoms with van der Waals surface area (Å²) in [5.74, 6) is 0.504. The number of methoxy groups -OCH3 is 1. The molecule has 0 radical (unpaired) electrons. The minimum atomic E-state index is -0.371. The van der Waals surface area contributed by atoms with Crippen LogP contribution in [0.2, 0.25) is 0 Å². The topological polar surface area (TPSA) is 59.6 Å². The maximum Gasteiger partial charge on any atom is 0.337 e. The van der Waals surface area contributed by atoms with Gasteiger partial charge in [-0.3, -0.25) is 0 Å². The molecule has 0 bridgehead atoms. The Morgan fingerprint density at radius 2 is 1.86 bits per heavy atom. The number of thiocarbonyl (C=S) groups is 1. The van der Waals surface area contributed by atoms with E-state index in [0.29, 0.717) is 17.3 Å². The van der Waals surface area contributed by atoms with Gasteiger partial charge in [-0.2, -0.15) is 0 Å². The molecule has 6 heteroatoms. The molecule has 5 nitrogen and oxygen atoms in total. The monoisotopic (exact) mass is 398 g/mol. The minimum absolute atomic E-state index is 0.186. The third kappa shape index (κ3) is 4.62. The van der Waals surface area contributed by atoms with Gasteiger partial charge in [-0.05, 0) is 67.9 Å². The summed E-state index contributed by atoms with van der Waals surface area (Å²) in [4.78, 5) is 11.7. The number of carbonyl (C=O) groups excluding carboxylic acids is 1. The normalized spacial score (nSPS) is 14.9. The molecule has 3 rings (SSSR count). The van der Waals surface area contributed by atoms with Crippen LogP contribution in [-0.4, -0.2) is 24.8 Å². The number of hydrogen-bond donors (Lipinski definition) is 2.